The van der Waals surface area contributed by atoms with Gasteiger partial charge in [-0.25, -0.2) is 8.78 Å². The normalized spacial score (nSPS) is 17.1. The maximum absolute atomic E-state index is 13.8. The molecule has 1 unspecified atom stereocenters. The molecule has 1 fully saturated rings. The van der Waals surface area contributed by atoms with Crippen LogP contribution in [-0.2, 0) is 11.3 Å². The van der Waals surface area contributed by atoms with E-state index < -0.39 is 11.6 Å². The van der Waals surface area contributed by atoms with Gasteiger partial charge in [-0.1, -0.05) is 41.6 Å². The third-order valence-electron chi connectivity index (χ3n) is 4.41. The Labute approximate surface area is 148 Å². The van der Waals surface area contributed by atoms with E-state index in [0.29, 0.717) is 18.3 Å². The third-order valence-corrected chi connectivity index (χ3v) is 4.41. The summed E-state index contributed by atoms with van der Waals surface area (Å²) >= 11 is 0. The van der Waals surface area contributed by atoms with E-state index in [9.17, 15) is 13.6 Å². The molecule has 26 heavy (non-hydrogen) atoms. The minimum atomic E-state index is -0.662. The molecule has 5 nitrogen and oxygen atoms in total. The predicted octanol–water partition coefficient (Wildman–Crippen LogP) is 3.53. The fourth-order valence-electron chi connectivity index (χ4n) is 3.05. The standard InChI is InChI=1S/C19H15F2N3O2/c20-15-7-6-13(16(21)9-15)10-24-11-14(8-17(24)25)19-22-18(23-26-19)12-4-2-1-3-5-12/h1-7,9,14H,8,10-11H2. The second kappa shape index (κ2) is 6.67. The molecule has 0 radical (unpaired) electrons. The largest absolute Gasteiger partial charge is 0.339 e. The van der Waals surface area contributed by atoms with Gasteiger partial charge >= 0.3 is 0 Å². The summed E-state index contributed by atoms with van der Waals surface area (Å²) in [5, 5.41) is 3.97. The maximum Gasteiger partial charge on any atom is 0.232 e. The van der Waals surface area contributed by atoms with Gasteiger partial charge < -0.3 is 9.42 Å². The first kappa shape index (κ1) is 16.4. The lowest BCUT2D eigenvalue weighted by Gasteiger charge is -2.16. The van der Waals surface area contributed by atoms with Crippen molar-refractivity contribution in [1.29, 1.82) is 0 Å². The van der Waals surface area contributed by atoms with Crippen molar-refractivity contribution in [3.8, 4) is 11.4 Å². The van der Waals surface area contributed by atoms with E-state index in [1.807, 2.05) is 30.3 Å². The smallest absolute Gasteiger partial charge is 0.232 e. The van der Waals surface area contributed by atoms with Crippen molar-refractivity contribution < 1.29 is 18.1 Å². The number of hydrogen-bond donors (Lipinski definition) is 0. The number of halogens is 2. The minimum Gasteiger partial charge on any atom is -0.339 e. The van der Waals surface area contributed by atoms with Gasteiger partial charge in [0.2, 0.25) is 17.6 Å². The lowest BCUT2D eigenvalue weighted by molar-refractivity contribution is -0.128. The zero-order chi connectivity index (χ0) is 18.1. The monoisotopic (exact) mass is 355 g/mol. The van der Waals surface area contributed by atoms with Crippen LogP contribution in [-0.4, -0.2) is 27.5 Å². The second-order valence-electron chi connectivity index (χ2n) is 6.23. The summed E-state index contributed by atoms with van der Waals surface area (Å²) in [6, 6.07) is 12.7. The lowest BCUT2D eigenvalue weighted by Crippen LogP contribution is -2.25. The Bertz CT molecular complexity index is 943. The number of nitrogens with zero attached hydrogens (tertiary/aromatic N) is 3. The highest BCUT2D eigenvalue weighted by atomic mass is 19.1. The molecule has 0 N–H and O–H groups in total. The Hall–Kier alpha value is -3.09. The molecule has 0 spiro atoms. The molecule has 1 saturated heterocycles. The Morgan fingerprint density at radius 1 is 1.15 bits per heavy atom. The predicted molar refractivity (Wildman–Crippen MR) is 88.9 cm³/mol. The van der Waals surface area contributed by atoms with Crippen LogP contribution in [0.4, 0.5) is 8.78 Å². The van der Waals surface area contributed by atoms with Crippen LogP contribution in [0.15, 0.2) is 53.1 Å². The molecule has 1 aliphatic heterocycles. The molecule has 1 aromatic heterocycles. The quantitative estimate of drug-likeness (QED) is 0.718. The van der Waals surface area contributed by atoms with Gasteiger partial charge in [0.1, 0.15) is 11.6 Å². The summed E-state index contributed by atoms with van der Waals surface area (Å²) in [5.74, 6) is -0.814. The number of benzene rings is 2. The molecule has 0 bridgehead atoms. The van der Waals surface area contributed by atoms with Crippen molar-refractivity contribution in [2.24, 2.45) is 0 Å². The van der Waals surface area contributed by atoms with Crippen LogP contribution >= 0.6 is 0 Å². The lowest BCUT2D eigenvalue weighted by atomic mass is 10.1. The number of carbonyl (C=O) groups is 1. The maximum atomic E-state index is 13.8. The number of likely N-dealkylation sites (tertiary alicyclic amines) is 1. The van der Waals surface area contributed by atoms with Crippen LogP contribution in [0, 0.1) is 11.6 Å². The molecule has 0 aliphatic carbocycles. The van der Waals surface area contributed by atoms with Crippen molar-refractivity contribution in [2.45, 2.75) is 18.9 Å². The zero-order valence-corrected chi connectivity index (χ0v) is 13.7. The Kier molecular flexibility index (Phi) is 4.20. The Morgan fingerprint density at radius 2 is 1.96 bits per heavy atom. The van der Waals surface area contributed by atoms with E-state index in [1.54, 1.807) is 0 Å². The summed E-state index contributed by atoms with van der Waals surface area (Å²) in [4.78, 5) is 18.2. The summed E-state index contributed by atoms with van der Waals surface area (Å²) in [7, 11) is 0. The molecular weight excluding hydrogens is 340 g/mol. The molecule has 1 amide bonds. The van der Waals surface area contributed by atoms with Crippen molar-refractivity contribution in [3.63, 3.8) is 0 Å². The van der Waals surface area contributed by atoms with E-state index in [4.69, 9.17) is 4.52 Å². The number of rotatable bonds is 4. The zero-order valence-electron chi connectivity index (χ0n) is 13.7. The van der Waals surface area contributed by atoms with E-state index in [-0.39, 0.29) is 30.4 Å². The first-order valence-electron chi connectivity index (χ1n) is 8.21. The highest BCUT2D eigenvalue weighted by molar-refractivity contribution is 5.79. The van der Waals surface area contributed by atoms with E-state index >= 15 is 0 Å². The average Bonchev–Trinajstić information content (AvgIpc) is 3.25. The first-order valence-corrected chi connectivity index (χ1v) is 8.21. The molecule has 4 rings (SSSR count). The van der Waals surface area contributed by atoms with Crippen molar-refractivity contribution in [1.82, 2.24) is 15.0 Å². The number of aromatic nitrogens is 2. The fourth-order valence-corrected chi connectivity index (χ4v) is 3.05. The minimum absolute atomic E-state index is 0.0845. The molecule has 7 heteroatoms. The Balaban J connectivity index is 1.49. The summed E-state index contributed by atoms with van der Waals surface area (Å²) in [5.41, 5.74) is 1.10. The fraction of sp³-hybridized carbons (Fsp3) is 0.211. The highest BCUT2D eigenvalue weighted by Crippen LogP contribution is 2.30. The van der Waals surface area contributed by atoms with Crippen molar-refractivity contribution in [2.75, 3.05) is 6.54 Å². The molecule has 2 aromatic carbocycles. The first-order chi connectivity index (χ1) is 12.6. The van der Waals surface area contributed by atoms with Crippen LogP contribution in [0.25, 0.3) is 11.4 Å². The van der Waals surface area contributed by atoms with E-state index in [0.717, 1.165) is 11.6 Å². The van der Waals surface area contributed by atoms with Gasteiger partial charge in [0.15, 0.2) is 0 Å². The van der Waals surface area contributed by atoms with Gasteiger partial charge in [-0.2, -0.15) is 4.98 Å². The molecule has 2 heterocycles. The molecule has 1 aliphatic rings. The van der Waals surface area contributed by atoms with Crippen LogP contribution in [0.2, 0.25) is 0 Å². The van der Waals surface area contributed by atoms with E-state index in [2.05, 4.69) is 10.1 Å². The van der Waals surface area contributed by atoms with Gasteiger partial charge in [-0.3, -0.25) is 4.79 Å². The van der Waals surface area contributed by atoms with Gasteiger partial charge in [0, 0.05) is 36.7 Å². The molecule has 1 atom stereocenters. The van der Waals surface area contributed by atoms with Crippen LogP contribution in [0.5, 0.6) is 0 Å². The van der Waals surface area contributed by atoms with Crippen molar-refractivity contribution >= 4 is 5.91 Å². The van der Waals surface area contributed by atoms with Gasteiger partial charge in [0.25, 0.3) is 0 Å². The van der Waals surface area contributed by atoms with Gasteiger partial charge in [-0.15, -0.1) is 0 Å². The second-order valence-corrected chi connectivity index (χ2v) is 6.23. The topological polar surface area (TPSA) is 59.2 Å². The molecular formula is C19H15F2N3O2. The van der Waals surface area contributed by atoms with Gasteiger partial charge in [-0.05, 0) is 6.07 Å². The number of carbonyl (C=O) groups excluding carboxylic acids is 1. The number of amides is 1. The summed E-state index contributed by atoms with van der Waals surface area (Å²) in [6.07, 6.45) is 0.221. The van der Waals surface area contributed by atoms with E-state index in [1.165, 1.54) is 17.0 Å². The SMILES string of the molecule is O=C1CC(c2nc(-c3ccccc3)no2)CN1Cc1ccc(F)cc1F. The van der Waals surface area contributed by atoms with Crippen molar-refractivity contribution in [3.05, 3.63) is 71.6 Å². The third kappa shape index (κ3) is 3.20. The average molecular weight is 355 g/mol. The van der Waals surface area contributed by atoms with Gasteiger partial charge in [0.05, 0.1) is 5.92 Å². The molecule has 132 valence electrons. The Morgan fingerprint density at radius 3 is 2.73 bits per heavy atom. The van der Waals surface area contributed by atoms with Crippen LogP contribution < -0.4 is 0 Å². The summed E-state index contributed by atoms with van der Waals surface area (Å²) < 4.78 is 32.2. The molecule has 0 saturated carbocycles. The van der Waals surface area contributed by atoms with Crippen LogP contribution in [0.3, 0.4) is 0 Å². The number of hydrogen-bond acceptors (Lipinski definition) is 4. The summed E-state index contributed by atoms with van der Waals surface area (Å²) in [6.45, 7) is 0.438. The molecule has 3 aromatic rings. The highest BCUT2D eigenvalue weighted by Gasteiger charge is 2.34. The van der Waals surface area contributed by atoms with Crippen LogP contribution in [0.1, 0.15) is 23.8 Å².